The van der Waals surface area contributed by atoms with E-state index in [2.05, 4.69) is 22.8 Å². The van der Waals surface area contributed by atoms with Crippen molar-refractivity contribution < 1.29 is 9.53 Å². The third-order valence-corrected chi connectivity index (χ3v) is 4.79. The second-order valence-electron chi connectivity index (χ2n) is 6.46. The summed E-state index contributed by atoms with van der Waals surface area (Å²) in [5.74, 6) is 0.454. The molecule has 0 unspecified atom stereocenters. The van der Waals surface area contributed by atoms with Gasteiger partial charge in [0.2, 0.25) is 5.91 Å². The summed E-state index contributed by atoms with van der Waals surface area (Å²) in [5, 5.41) is 6.89. The summed E-state index contributed by atoms with van der Waals surface area (Å²) in [6, 6.07) is 22.8. The van der Waals surface area contributed by atoms with Gasteiger partial charge in [-0.2, -0.15) is 0 Å². The van der Waals surface area contributed by atoms with Crippen molar-refractivity contribution in [1.29, 1.82) is 0 Å². The normalized spacial score (nSPS) is 10.4. The summed E-state index contributed by atoms with van der Waals surface area (Å²) in [5.41, 5.74) is 2.57. The quantitative estimate of drug-likeness (QED) is 0.407. The van der Waals surface area contributed by atoms with E-state index < -0.39 is 0 Å². The molecule has 0 aromatic heterocycles. The van der Waals surface area contributed by atoms with Crippen LogP contribution in [-0.2, 0) is 11.2 Å². The third kappa shape index (κ3) is 6.70. The van der Waals surface area contributed by atoms with Crippen LogP contribution in [0, 0.1) is 0 Å². The van der Waals surface area contributed by atoms with Crippen LogP contribution >= 0.6 is 23.2 Å². The molecule has 0 spiro atoms. The van der Waals surface area contributed by atoms with Crippen LogP contribution < -0.4 is 15.4 Å². The molecule has 0 fully saturated rings. The average molecular weight is 429 g/mol. The summed E-state index contributed by atoms with van der Waals surface area (Å²) in [7, 11) is 0. The highest BCUT2D eigenvalue weighted by molar-refractivity contribution is 6.36. The van der Waals surface area contributed by atoms with Gasteiger partial charge in [0.1, 0.15) is 5.75 Å². The van der Waals surface area contributed by atoms with Crippen molar-refractivity contribution in [3.8, 4) is 5.75 Å². The number of rotatable bonds is 9. The molecule has 3 aromatic rings. The summed E-state index contributed by atoms with van der Waals surface area (Å²) in [6.07, 6.45) is 1.84. The Kier molecular flexibility index (Phi) is 7.79. The largest absolute Gasteiger partial charge is 0.491 e. The van der Waals surface area contributed by atoms with E-state index in [0.717, 1.165) is 12.8 Å². The summed E-state index contributed by atoms with van der Waals surface area (Å²) in [6.45, 7) is 0.643. The number of ether oxygens (including phenoxy) is 1. The highest BCUT2D eigenvalue weighted by Gasteiger charge is 2.09. The van der Waals surface area contributed by atoms with Crippen LogP contribution in [0.4, 0.5) is 11.4 Å². The van der Waals surface area contributed by atoms with Crippen molar-refractivity contribution in [2.24, 2.45) is 0 Å². The minimum atomic E-state index is -0.198. The Hall–Kier alpha value is -2.69. The van der Waals surface area contributed by atoms with Crippen molar-refractivity contribution in [3.05, 3.63) is 88.4 Å². The molecule has 150 valence electrons. The molecule has 0 aliphatic rings. The lowest BCUT2D eigenvalue weighted by atomic mass is 10.1. The van der Waals surface area contributed by atoms with Gasteiger partial charge in [-0.3, -0.25) is 4.79 Å². The van der Waals surface area contributed by atoms with Crippen molar-refractivity contribution in [2.75, 3.05) is 23.8 Å². The maximum atomic E-state index is 12.3. The van der Waals surface area contributed by atoms with E-state index in [1.54, 1.807) is 18.2 Å². The lowest BCUT2D eigenvalue weighted by Gasteiger charge is -2.13. The second kappa shape index (κ2) is 10.7. The van der Waals surface area contributed by atoms with Crippen molar-refractivity contribution in [2.45, 2.75) is 12.8 Å². The predicted octanol–water partition coefficient (Wildman–Crippen LogP) is 6.06. The Morgan fingerprint density at radius 2 is 1.66 bits per heavy atom. The van der Waals surface area contributed by atoms with Gasteiger partial charge in [-0.15, -0.1) is 0 Å². The number of anilines is 2. The first-order chi connectivity index (χ1) is 14.1. The maximum Gasteiger partial charge on any atom is 0.243 e. The predicted molar refractivity (Wildman–Crippen MR) is 120 cm³/mol. The number of halogens is 2. The minimum absolute atomic E-state index is 0.0731. The molecule has 0 atom stereocenters. The zero-order chi connectivity index (χ0) is 20.5. The summed E-state index contributed by atoms with van der Waals surface area (Å²) >= 11 is 12.0. The minimum Gasteiger partial charge on any atom is -0.491 e. The van der Waals surface area contributed by atoms with E-state index in [1.807, 2.05) is 42.5 Å². The molecule has 0 saturated heterocycles. The molecule has 0 saturated carbocycles. The number of para-hydroxylation sites is 2. The SMILES string of the molecule is O=C(CNc1ccc(Cl)cc1Cl)Nc1ccccc1OCCCc1ccccc1. The monoisotopic (exact) mass is 428 g/mol. The summed E-state index contributed by atoms with van der Waals surface area (Å²) < 4.78 is 5.88. The Labute approximate surface area is 180 Å². The maximum absolute atomic E-state index is 12.3. The highest BCUT2D eigenvalue weighted by Crippen LogP contribution is 2.26. The van der Waals surface area contributed by atoms with E-state index in [-0.39, 0.29) is 12.5 Å². The highest BCUT2D eigenvalue weighted by atomic mass is 35.5. The number of carbonyl (C=O) groups is 1. The fraction of sp³-hybridized carbons (Fsp3) is 0.174. The third-order valence-electron chi connectivity index (χ3n) is 4.24. The molecule has 1 amide bonds. The first-order valence-electron chi connectivity index (χ1n) is 9.36. The average Bonchev–Trinajstić information content (AvgIpc) is 2.72. The van der Waals surface area contributed by atoms with Gasteiger partial charge in [0.15, 0.2) is 0 Å². The number of hydrogen-bond acceptors (Lipinski definition) is 3. The zero-order valence-electron chi connectivity index (χ0n) is 15.8. The number of hydrogen-bond donors (Lipinski definition) is 2. The van der Waals surface area contributed by atoms with Crippen LogP contribution in [0.5, 0.6) is 5.75 Å². The molecule has 0 bridgehead atoms. The Morgan fingerprint density at radius 3 is 2.45 bits per heavy atom. The topological polar surface area (TPSA) is 50.4 Å². The number of carbonyl (C=O) groups excluding carboxylic acids is 1. The Bertz CT molecular complexity index is 949. The van der Waals surface area contributed by atoms with Gasteiger partial charge in [0.25, 0.3) is 0 Å². The second-order valence-corrected chi connectivity index (χ2v) is 7.30. The van der Waals surface area contributed by atoms with Crippen molar-refractivity contribution >= 4 is 40.5 Å². The first kappa shape index (κ1) is 21.0. The number of benzene rings is 3. The van der Waals surface area contributed by atoms with Gasteiger partial charge >= 0.3 is 0 Å². The standard InChI is InChI=1S/C23H22Cl2N2O2/c24-18-12-13-20(19(25)15-18)26-16-23(28)27-21-10-4-5-11-22(21)29-14-6-9-17-7-2-1-3-8-17/h1-5,7-8,10-13,15,26H,6,9,14,16H2,(H,27,28). The molecule has 4 nitrogen and oxygen atoms in total. The van der Waals surface area contributed by atoms with Crippen LogP contribution in [0.2, 0.25) is 10.0 Å². The van der Waals surface area contributed by atoms with E-state index in [1.165, 1.54) is 5.56 Å². The van der Waals surface area contributed by atoms with Crippen LogP contribution in [0.25, 0.3) is 0 Å². The van der Waals surface area contributed by atoms with Crippen LogP contribution in [0.3, 0.4) is 0 Å². The lowest BCUT2D eigenvalue weighted by molar-refractivity contribution is -0.114. The smallest absolute Gasteiger partial charge is 0.243 e. The first-order valence-corrected chi connectivity index (χ1v) is 10.1. The van der Waals surface area contributed by atoms with Crippen molar-refractivity contribution in [3.63, 3.8) is 0 Å². The van der Waals surface area contributed by atoms with E-state index in [9.17, 15) is 4.79 Å². The molecule has 3 aromatic carbocycles. The molecule has 0 aliphatic heterocycles. The number of amides is 1. The fourth-order valence-electron chi connectivity index (χ4n) is 2.80. The summed E-state index contributed by atoms with van der Waals surface area (Å²) in [4.78, 5) is 12.3. The van der Waals surface area contributed by atoms with Gasteiger partial charge < -0.3 is 15.4 Å². The van der Waals surface area contributed by atoms with Crippen LogP contribution in [0.15, 0.2) is 72.8 Å². The van der Waals surface area contributed by atoms with Crippen LogP contribution in [-0.4, -0.2) is 19.1 Å². The molecular formula is C23H22Cl2N2O2. The van der Waals surface area contributed by atoms with E-state index in [0.29, 0.717) is 33.8 Å². The number of aryl methyl sites for hydroxylation is 1. The zero-order valence-corrected chi connectivity index (χ0v) is 17.3. The fourth-order valence-corrected chi connectivity index (χ4v) is 3.28. The molecule has 3 rings (SSSR count). The molecule has 6 heteroatoms. The van der Waals surface area contributed by atoms with Gasteiger partial charge in [-0.05, 0) is 48.7 Å². The lowest BCUT2D eigenvalue weighted by Crippen LogP contribution is -2.22. The molecule has 0 radical (unpaired) electrons. The van der Waals surface area contributed by atoms with Gasteiger partial charge in [-0.25, -0.2) is 0 Å². The Morgan fingerprint density at radius 1 is 0.897 bits per heavy atom. The van der Waals surface area contributed by atoms with Crippen LogP contribution in [0.1, 0.15) is 12.0 Å². The molecular weight excluding hydrogens is 407 g/mol. The Balaban J connectivity index is 1.49. The number of nitrogens with one attached hydrogen (secondary N) is 2. The van der Waals surface area contributed by atoms with E-state index >= 15 is 0 Å². The molecule has 2 N–H and O–H groups in total. The van der Waals surface area contributed by atoms with Crippen molar-refractivity contribution in [1.82, 2.24) is 0 Å². The van der Waals surface area contributed by atoms with Gasteiger partial charge in [-0.1, -0.05) is 65.7 Å². The van der Waals surface area contributed by atoms with Gasteiger partial charge in [0, 0.05) is 5.02 Å². The van der Waals surface area contributed by atoms with E-state index in [4.69, 9.17) is 27.9 Å². The molecule has 0 aliphatic carbocycles. The molecule has 29 heavy (non-hydrogen) atoms. The molecule has 0 heterocycles. The van der Waals surface area contributed by atoms with Gasteiger partial charge in [0.05, 0.1) is 29.5 Å².